The topological polar surface area (TPSA) is 75.7 Å². The van der Waals surface area contributed by atoms with Crippen LogP contribution in [0.1, 0.15) is 23.1 Å². The number of halogens is 1. The molecule has 1 aliphatic heterocycles. The van der Waals surface area contributed by atoms with Crippen LogP contribution in [0, 0.1) is 20.8 Å². The van der Waals surface area contributed by atoms with E-state index in [1.165, 1.54) is 10.4 Å². The van der Waals surface area contributed by atoms with E-state index in [2.05, 4.69) is 5.32 Å². The Balaban J connectivity index is 1.91. The molecule has 1 amide bonds. The zero-order valence-electron chi connectivity index (χ0n) is 16.2. The minimum absolute atomic E-state index is 0.121. The Labute approximate surface area is 170 Å². The van der Waals surface area contributed by atoms with Gasteiger partial charge in [0, 0.05) is 23.7 Å². The Morgan fingerprint density at radius 2 is 1.82 bits per heavy atom. The van der Waals surface area contributed by atoms with Gasteiger partial charge >= 0.3 is 0 Å². The molecule has 28 heavy (non-hydrogen) atoms. The Morgan fingerprint density at radius 1 is 1.18 bits per heavy atom. The molecule has 8 heteroatoms. The lowest BCUT2D eigenvalue weighted by Gasteiger charge is -2.21. The SMILES string of the molecule is Cc1cc(C)c(NC(=O)C2CCN(S(C)(=O)=O)c3cc(Cl)ccc3O2)c(C)c1. The average Bonchev–Trinajstić information content (AvgIpc) is 2.76. The van der Waals surface area contributed by atoms with Gasteiger partial charge in [0.2, 0.25) is 10.0 Å². The second-order valence-electron chi connectivity index (χ2n) is 7.11. The minimum atomic E-state index is -3.54. The number of benzene rings is 2. The highest BCUT2D eigenvalue weighted by Gasteiger charge is 2.31. The summed E-state index contributed by atoms with van der Waals surface area (Å²) in [6, 6.07) is 8.73. The molecule has 0 bridgehead atoms. The fourth-order valence-corrected chi connectivity index (χ4v) is 4.57. The largest absolute Gasteiger partial charge is 0.478 e. The number of hydrogen-bond acceptors (Lipinski definition) is 4. The third-order valence-electron chi connectivity index (χ3n) is 4.67. The van der Waals surface area contributed by atoms with Crippen LogP contribution in [0.25, 0.3) is 0 Å². The van der Waals surface area contributed by atoms with Crippen molar-refractivity contribution in [1.82, 2.24) is 0 Å². The van der Waals surface area contributed by atoms with E-state index in [0.29, 0.717) is 16.5 Å². The molecule has 0 spiro atoms. The van der Waals surface area contributed by atoms with Crippen LogP contribution in [0.15, 0.2) is 30.3 Å². The third-order valence-corrected chi connectivity index (χ3v) is 6.09. The van der Waals surface area contributed by atoms with Crippen LogP contribution in [-0.4, -0.2) is 33.2 Å². The molecule has 1 heterocycles. The van der Waals surface area contributed by atoms with E-state index in [9.17, 15) is 13.2 Å². The molecule has 0 saturated carbocycles. The van der Waals surface area contributed by atoms with Crippen LogP contribution >= 0.6 is 11.6 Å². The van der Waals surface area contributed by atoms with Gasteiger partial charge in [-0.2, -0.15) is 0 Å². The first-order valence-corrected chi connectivity index (χ1v) is 11.1. The number of rotatable bonds is 3. The van der Waals surface area contributed by atoms with Crippen molar-refractivity contribution in [3.05, 3.63) is 52.0 Å². The van der Waals surface area contributed by atoms with Gasteiger partial charge < -0.3 is 10.1 Å². The summed E-state index contributed by atoms with van der Waals surface area (Å²) in [6.45, 7) is 6.00. The van der Waals surface area contributed by atoms with Crippen molar-refractivity contribution in [2.45, 2.75) is 33.3 Å². The highest BCUT2D eigenvalue weighted by Crippen LogP contribution is 2.36. The number of hydrogen-bond donors (Lipinski definition) is 1. The van der Waals surface area contributed by atoms with Crippen LogP contribution in [0.2, 0.25) is 5.02 Å². The summed E-state index contributed by atoms with van der Waals surface area (Å²) in [5, 5.41) is 3.33. The van der Waals surface area contributed by atoms with E-state index < -0.39 is 16.1 Å². The summed E-state index contributed by atoms with van der Waals surface area (Å²) in [6.07, 6.45) is 0.512. The molecule has 0 fully saturated rings. The number of sulfonamides is 1. The van der Waals surface area contributed by atoms with Crippen LogP contribution in [0.4, 0.5) is 11.4 Å². The van der Waals surface area contributed by atoms with Gasteiger partial charge in [-0.25, -0.2) is 8.42 Å². The van der Waals surface area contributed by atoms with Crippen molar-refractivity contribution in [3.8, 4) is 5.75 Å². The number of nitrogens with zero attached hydrogens (tertiary/aromatic N) is 1. The van der Waals surface area contributed by atoms with Gasteiger partial charge in [0.1, 0.15) is 5.75 Å². The van der Waals surface area contributed by atoms with Crippen molar-refractivity contribution >= 4 is 38.9 Å². The lowest BCUT2D eigenvalue weighted by molar-refractivity contribution is -0.122. The number of carbonyl (C=O) groups is 1. The van der Waals surface area contributed by atoms with Crippen LogP contribution in [0.3, 0.4) is 0 Å². The summed E-state index contributed by atoms with van der Waals surface area (Å²) in [4.78, 5) is 12.9. The number of fused-ring (bicyclic) bond motifs is 1. The highest BCUT2D eigenvalue weighted by atomic mass is 35.5. The zero-order chi connectivity index (χ0) is 20.6. The van der Waals surface area contributed by atoms with Crippen LogP contribution in [0.5, 0.6) is 5.75 Å². The zero-order valence-corrected chi connectivity index (χ0v) is 17.8. The maximum absolute atomic E-state index is 12.9. The first-order valence-electron chi connectivity index (χ1n) is 8.89. The standard InChI is InChI=1S/C20H23ClN2O4S/c1-12-9-13(2)19(14(3)10-12)22-20(24)18-7-8-23(28(4,25)26)16-11-15(21)5-6-17(16)27-18/h5-6,9-11,18H,7-8H2,1-4H3,(H,22,24). The molecule has 0 radical (unpaired) electrons. The van der Waals surface area contributed by atoms with Crippen molar-refractivity contribution in [3.63, 3.8) is 0 Å². The third kappa shape index (κ3) is 4.25. The molecule has 1 atom stereocenters. The van der Waals surface area contributed by atoms with Gasteiger partial charge in [-0.1, -0.05) is 29.3 Å². The molecule has 3 rings (SSSR count). The first-order chi connectivity index (χ1) is 13.1. The number of anilines is 2. The molecule has 1 aliphatic rings. The lowest BCUT2D eigenvalue weighted by Crippen LogP contribution is -2.36. The van der Waals surface area contributed by atoms with Crippen LogP contribution < -0.4 is 14.4 Å². The normalized spacial score (nSPS) is 16.8. The predicted octanol–water partition coefficient (Wildman–Crippen LogP) is 3.82. The molecule has 0 aromatic heterocycles. The molecule has 6 nitrogen and oxygen atoms in total. The van der Waals surface area contributed by atoms with E-state index in [1.807, 2.05) is 32.9 Å². The van der Waals surface area contributed by atoms with Crippen LogP contribution in [-0.2, 0) is 14.8 Å². The second-order valence-corrected chi connectivity index (χ2v) is 9.45. The average molecular weight is 423 g/mol. The number of amides is 1. The Kier molecular flexibility index (Phi) is 5.59. The summed E-state index contributed by atoms with van der Waals surface area (Å²) >= 11 is 6.04. The molecule has 150 valence electrons. The molecule has 0 saturated heterocycles. The Hall–Kier alpha value is -2.25. The van der Waals surface area contributed by atoms with E-state index in [-0.39, 0.29) is 18.9 Å². The van der Waals surface area contributed by atoms with Gasteiger partial charge in [0.05, 0.1) is 11.9 Å². The quantitative estimate of drug-likeness (QED) is 0.815. The summed E-state index contributed by atoms with van der Waals surface area (Å²) in [5.41, 5.74) is 4.13. The molecule has 1 unspecified atom stereocenters. The maximum atomic E-state index is 12.9. The van der Waals surface area contributed by atoms with Gasteiger partial charge in [-0.15, -0.1) is 0 Å². The number of nitrogens with one attached hydrogen (secondary N) is 1. The second kappa shape index (κ2) is 7.64. The predicted molar refractivity (Wildman–Crippen MR) is 112 cm³/mol. The highest BCUT2D eigenvalue weighted by molar-refractivity contribution is 7.92. The van der Waals surface area contributed by atoms with Gasteiger partial charge in [-0.05, 0) is 50.1 Å². The molecular formula is C20H23ClN2O4S. The lowest BCUT2D eigenvalue weighted by atomic mass is 10.0. The molecule has 0 aliphatic carbocycles. The smallest absolute Gasteiger partial charge is 0.265 e. The van der Waals surface area contributed by atoms with E-state index in [0.717, 1.165) is 28.6 Å². The monoisotopic (exact) mass is 422 g/mol. The summed E-state index contributed by atoms with van der Waals surface area (Å²) in [7, 11) is -3.54. The fraction of sp³-hybridized carbons (Fsp3) is 0.350. The Bertz CT molecular complexity index is 1010. The fourth-order valence-electron chi connectivity index (χ4n) is 3.46. The Morgan fingerprint density at radius 3 is 2.43 bits per heavy atom. The van der Waals surface area contributed by atoms with E-state index in [4.69, 9.17) is 16.3 Å². The first kappa shape index (κ1) is 20.5. The van der Waals surface area contributed by atoms with E-state index >= 15 is 0 Å². The number of ether oxygens (including phenoxy) is 1. The van der Waals surface area contributed by atoms with Crippen molar-refractivity contribution in [2.75, 3.05) is 22.4 Å². The van der Waals surface area contributed by atoms with Crippen molar-refractivity contribution in [2.24, 2.45) is 0 Å². The van der Waals surface area contributed by atoms with E-state index in [1.54, 1.807) is 12.1 Å². The van der Waals surface area contributed by atoms with Crippen molar-refractivity contribution < 1.29 is 17.9 Å². The summed E-state index contributed by atoms with van der Waals surface area (Å²) in [5.74, 6) is -0.00358. The molecular weight excluding hydrogens is 400 g/mol. The molecule has 1 N–H and O–H groups in total. The minimum Gasteiger partial charge on any atom is -0.478 e. The maximum Gasteiger partial charge on any atom is 0.265 e. The molecule has 2 aromatic rings. The van der Waals surface area contributed by atoms with Crippen molar-refractivity contribution in [1.29, 1.82) is 0 Å². The number of carbonyl (C=O) groups excluding carboxylic acids is 1. The van der Waals surface area contributed by atoms with Gasteiger partial charge in [-0.3, -0.25) is 9.10 Å². The van der Waals surface area contributed by atoms with Gasteiger partial charge in [0.25, 0.3) is 5.91 Å². The summed E-state index contributed by atoms with van der Waals surface area (Å²) < 4.78 is 31.6. The van der Waals surface area contributed by atoms with Gasteiger partial charge in [0.15, 0.2) is 6.10 Å². The number of aryl methyl sites for hydroxylation is 3. The molecule has 2 aromatic carbocycles.